The zero-order chi connectivity index (χ0) is 29.3. The quantitative estimate of drug-likeness (QED) is 0.164. The van der Waals surface area contributed by atoms with Crippen molar-refractivity contribution in [2.24, 2.45) is 0 Å². The topological polar surface area (TPSA) is 98.6 Å². The number of thioether (sulfide) groups is 1. The highest BCUT2D eigenvalue weighted by Gasteiger charge is 2.25. The number of unbranched alkanes of at least 4 members (excludes halogenated alkanes) is 1. The largest absolute Gasteiger partial charge is 0.494 e. The summed E-state index contributed by atoms with van der Waals surface area (Å²) in [6.07, 6.45) is 2.90. The van der Waals surface area contributed by atoms with Crippen LogP contribution in [-0.4, -0.2) is 52.1 Å². The van der Waals surface area contributed by atoms with Crippen LogP contribution in [0.4, 0.5) is 5.69 Å². The van der Waals surface area contributed by atoms with Gasteiger partial charge >= 0.3 is 0 Å². The predicted molar refractivity (Wildman–Crippen MR) is 164 cm³/mol. The van der Waals surface area contributed by atoms with Crippen molar-refractivity contribution < 1.29 is 19.1 Å². The Balaban J connectivity index is 1.30. The Morgan fingerprint density at radius 1 is 0.929 bits per heavy atom. The van der Waals surface area contributed by atoms with Crippen LogP contribution in [0.15, 0.2) is 78.0 Å². The maximum atomic E-state index is 13.2. The molecule has 0 radical (unpaired) electrons. The van der Waals surface area contributed by atoms with Crippen LogP contribution in [0.1, 0.15) is 48.4 Å². The van der Waals surface area contributed by atoms with E-state index >= 15 is 0 Å². The Morgan fingerprint density at radius 2 is 1.67 bits per heavy atom. The van der Waals surface area contributed by atoms with Gasteiger partial charge in [-0.25, -0.2) is 0 Å². The molecule has 0 bridgehead atoms. The first-order valence-electron chi connectivity index (χ1n) is 14.3. The van der Waals surface area contributed by atoms with E-state index in [0.717, 1.165) is 42.1 Å². The average molecular weight is 586 g/mol. The fourth-order valence-electron chi connectivity index (χ4n) is 4.73. The summed E-state index contributed by atoms with van der Waals surface area (Å²) in [6.45, 7) is 6.10. The van der Waals surface area contributed by atoms with Gasteiger partial charge in [0.2, 0.25) is 5.91 Å². The first kappa shape index (κ1) is 29.2. The summed E-state index contributed by atoms with van der Waals surface area (Å²) in [7, 11) is 0. The molecule has 4 aromatic rings. The zero-order valence-electron chi connectivity index (χ0n) is 23.9. The number of benzene rings is 3. The van der Waals surface area contributed by atoms with Gasteiger partial charge in [-0.3, -0.25) is 14.2 Å². The molecule has 2 amide bonds. The molecule has 0 fully saturated rings. The van der Waals surface area contributed by atoms with Gasteiger partial charge in [-0.05, 0) is 79.9 Å². The van der Waals surface area contributed by atoms with Crippen LogP contribution >= 0.6 is 11.8 Å². The Morgan fingerprint density at radius 3 is 2.43 bits per heavy atom. The molecular formula is C32H35N5O4S. The number of carbonyl (C=O) groups is 2. The number of nitrogens with one attached hydrogen (secondary N) is 1. The molecule has 1 aliphatic rings. The number of fused-ring (bicyclic) bond motifs is 1. The van der Waals surface area contributed by atoms with Crippen LogP contribution in [0.25, 0.3) is 5.69 Å². The Kier molecular flexibility index (Phi) is 9.76. The lowest BCUT2D eigenvalue weighted by Crippen LogP contribution is -2.30. The number of aromatic nitrogens is 3. The summed E-state index contributed by atoms with van der Waals surface area (Å²) in [5.41, 5.74) is 3.49. The molecule has 0 saturated carbocycles. The summed E-state index contributed by atoms with van der Waals surface area (Å²) in [5.74, 6) is 2.04. The molecule has 218 valence electrons. The average Bonchev–Trinajstić information content (AvgIpc) is 3.64. The number of nitrogens with zero attached hydrogens (tertiary/aromatic N) is 4. The minimum atomic E-state index is -0.228. The van der Waals surface area contributed by atoms with Crippen LogP contribution in [-0.2, 0) is 17.8 Å². The van der Waals surface area contributed by atoms with E-state index in [4.69, 9.17) is 9.47 Å². The third-order valence-electron chi connectivity index (χ3n) is 6.91. The highest BCUT2D eigenvalue weighted by atomic mass is 32.2. The molecule has 2 heterocycles. The SMILES string of the molecule is CCCCOc1ccc(C(=O)NCc2nnc(SCC(=O)N3CCc4ccccc43)n2-c2ccc(OCC)cc2)cc1. The minimum absolute atomic E-state index is 0.0168. The van der Waals surface area contributed by atoms with Gasteiger partial charge < -0.3 is 19.7 Å². The zero-order valence-corrected chi connectivity index (χ0v) is 24.7. The number of anilines is 1. The third kappa shape index (κ3) is 6.94. The van der Waals surface area contributed by atoms with Gasteiger partial charge in [-0.1, -0.05) is 43.3 Å². The Hall–Kier alpha value is -4.31. The highest BCUT2D eigenvalue weighted by molar-refractivity contribution is 7.99. The van der Waals surface area contributed by atoms with Gasteiger partial charge in [0.15, 0.2) is 11.0 Å². The number of hydrogen-bond acceptors (Lipinski definition) is 7. The lowest BCUT2D eigenvalue weighted by Gasteiger charge is -2.17. The number of rotatable bonds is 13. The van der Waals surface area contributed by atoms with E-state index in [2.05, 4.69) is 28.5 Å². The number of amides is 2. The smallest absolute Gasteiger partial charge is 0.251 e. The second-order valence-corrected chi connectivity index (χ2v) is 10.7. The lowest BCUT2D eigenvalue weighted by atomic mass is 10.2. The molecule has 0 aliphatic carbocycles. The van der Waals surface area contributed by atoms with Crippen LogP contribution < -0.4 is 19.7 Å². The molecule has 0 spiro atoms. The number of para-hydroxylation sites is 1. The van der Waals surface area contributed by atoms with E-state index < -0.39 is 0 Å². The number of hydrogen-bond donors (Lipinski definition) is 1. The molecule has 1 aliphatic heterocycles. The maximum absolute atomic E-state index is 13.2. The molecule has 9 nitrogen and oxygen atoms in total. The van der Waals surface area contributed by atoms with Crippen LogP contribution in [0.5, 0.6) is 11.5 Å². The summed E-state index contributed by atoms with van der Waals surface area (Å²) < 4.78 is 13.2. The third-order valence-corrected chi connectivity index (χ3v) is 7.82. The highest BCUT2D eigenvalue weighted by Crippen LogP contribution is 2.30. The van der Waals surface area contributed by atoms with E-state index in [-0.39, 0.29) is 24.1 Å². The van der Waals surface area contributed by atoms with Crippen molar-refractivity contribution in [3.05, 3.63) is 89.7 Å². The summed E-state index contributed by atoms with van der Waals surface area (Å²) in [5, 5.41) is 12.3. The minimum Gasteiger partial charge on any atom is -0.494 e. The lowest BCUT2D eigenvalue weighted by molar-refractivity contribution is -0.116. The molecule has 10 heteroatoms. The fraction of sp³-hybridized carbons (Fsp3) is 0.312. The van der Waals surface area contributed by atoms with Crippen molar-refractivity contribution in [3.63, 3.8) is 0 Å². The fourth-order valence-corrected chi connectivity index (χ4v) is 5.57. The summed E-state index contributed by atoms with van der Waals surface area (Å²) in [6, 6.07) is 22.7. The predicted octanol–water partition coefficient (Wildman–Crippen LogP) is 5.46. The Bertz CT molecular complexity index is 1500. The standard InChI is InChI=1S/C32H35N5O4S/c1-3-5-20-41-27-14-10-24(11-15-27)31(39)33-21-29-34-35-32(37(29)25-12-16-26(17-13-25)40-4-2)42-22-30(38)36-19-18-23-8-6-7-9-28(23)36/h6-17H,3-5,18-22H2,1-2H3,(H,33,39). The molecule has 0 saturated heterocycles. The molecule has 1 N–H and O–H groups in total. The molecule has 5 rings (SSSR count). The van der Waals surface area contributed by atoms with Gasteiger partial charge in [0.1, 0.15) is 11.5 Å². The van der Waals surface area contributed by atoms with Gasteiger partial charge in [0, 0.05) is 23.5 Å². The van der Waals surface area contributed by atoms with E-state index in [1.807, 2.05) is 58.9 Å². The van der Waals surface area contributed by atoms with Crippen molar-refractivity contribution in [2.45, 2.75) is 44.8 Å². The number of carbonyl (C=O) groups excluding carboxylic acids is 2. The van der Waals surface area contributed by atoms with Crippen LogP contribution in [0, 0.1) is 0 Å². The molecule has 3 aromatic carbocycles. The summed E-state index contributed by atoms with van der Waals surface area (Å²) in [4.78, 5) is 28.0. The van der Waals surface area contributed by atoms with Crippen molar-refractivity contribution in [1.82, 2.24) is 20.1 Å². The number of ether oxygens (including phenoxy) is 2. The normalized spacial score (nSPS) is 12.2. The second-order valence-electron chi connectivity index (χ2n) is 9.78. The maximum Gasteiger partial charge on any atom is 0.251 e. The van der Waals surface area contributed by atoms with Gasteiger partial charge in [0.25, 0.3) is 5.91 Å². The van der Waals surface area contributed by atoms with Crippen molar-refractivity contribution >= 4 is 29.3 Å². The van der Waals surface area contributed by atoms with E-state index in [1.54, 1.807) is 24.3 Å². The molecule has 1 aromatic heterocycles. The van der Waals surface area contributed by atoms with Gasteiger partial charge in [-0.15, -0.1) is 10.2 Å². The molecule has 42 heavy (non-hydrogen) atoms. The van der Waals surface area contributed by atoms with E-state index in [0.29, 0.717) is 36.3 Å². The first-order valence-corrected chi connectivity index (χ1v) is 15.3. The molecular weight excluding hydrogens is 550 g/mol. The second kappa shape index (κ2) is 14.0. The van der Waals surface area contributed by atoms with Crippen LogP contribution in [0.3, 0.4) is 0 Å². The van der Waals surface area contributed by atoms with Crippen molar-refractivity contribution in [1.29, 1.82) is 0 Å². The molecule has 0 unspecified atom stereocenters. The van der Waals surface area contributed by atoms with E-state index in [9.17, 15) is 9.59 Å². The van der Waals surface area contributed by atoms with E-state index in [1.165, 1.54) is 17.3 Å². The Labute approximate surface area is 250 Å². The van der Waals surface area contributed by atoms with Gasteiger partial charge in [0.05, 0.1) is 25.5 Å². The van der Waals surface area contributed by atoms with Crippen molar-refractivity contribution in [2.75, 3.05) is 30.4 Å². The first-order chi connectivity index (χ1) is 20.6. The monoisotopic (exact) mass is 585 g/mol. The van der Waals surface area contributed by atoms with Gasteiger partial charge in [-0.2, -0.15) is 0 Å². The summed E-state index contributed by atoms with van der Waals surface area (Å²) >= 11 is 1.33. The molecule has 0 atom stereocenters. The van der Waals surface area contributed by atoms with Crippen molar-refractivity contribution in [3.8, 4) is 17.2 Å². The van der Waals surface area contributed by atoms with Crippen LogP contribution in [0.2, 0.25) is 0 Å².